The van der Waals surface area contributed by atoms with E-state index in [1.165, 1.54) is 41.7 Å². The standard InChI is InChI=1S/C28H19N3.2C2H3N.2ClH.F6P.NO.Ru/c1-2-8-23-20(7-1)16-22-15-19(11-12-24(22)23)21-17-27(25-9-3-5-13-29-25)31-28(18-21)26-10-4-6-14-30-26;2*1-2-3;;;1-7(2,3,4,5)6;1-2;/h1-15,17-18H,16H2;2*1H3;2*1H;;;/q;;;;;-1;;+3/p-2. The monoisotopic (exact) mass is 826 g/mol. The van der Waals surface area contributed by atoms with Crippen molar-refractivity contribution >= 4 is 7.81 Å². The van der Waals surface area contributed by atoms with E-state index in [-0.39, 0.29) is 44.3 Å². The Bertz CT molecular complexity index is 1780. The van der Waals surface area contributed by atoms with Crippen LogP contribution in [0.25, 0.3) is 45.0 Å². The second-order valence-corrected chi connectivity index (χ2v) is 11.1. The Kier molecular flexibility index (Phi) is 18.7. The zero-order valence-corrected chi connectivity index (χ0v) is 29.6. The van der Waals surface area contributed by atoms with E-state index in [0.717, 1.165) is 34.8 Å². The summed E-state index contributed by atoms with van der Waals surface area (Å²) in [5.41, 5.74) is 16.9. The maximum absolute atomic E-state index is 10.7. The number of benzene rings is 2. The van der Waals surface area contributed by atoms with Gasteiger partial charge in [0, 0.05) is 26.2 Å². The van der Waals surface area contributed by atoms with Gasteiger partial charge in [0.15, 0.2) is 0 Å². The van der Waals surface area contributed by atoms with E-state index >= 15 is 0 Å². The molecule has 3 aromatic heterocycles. The van der Waals surface area contributed by atoms with Gasteiger partial charge >= 0.3 is 52.5 Å². The molecular weight excluding hydrogens is 801 g/mol. The molecule has 49 heavy (non-hydrogen) atoms. The van der Waals surface area contributed by atoms with Crippen LogP contribution in [0.1, 0.15) is 25.0 Å². The largest absolute Gasteiger partial charge is 3.00 e. The molecule has 17 heteroatoms. The number of nitrogens with zero attached hydrogens (tertiary/aromatic N) is 6. The maximum atomic E-state index is 9.87. The second-order valence-electron chi connectivity index (χ2n) is 9.17. The molecule has 5 aromatic rings. The molecule has 0 spiro atoms. The van der Waals surface area contributed by atoms with Gasteiger partial charge in [0.25, 0.3) is 0 Å². The van der Waals surface area contributed by atoms with Crippen LogP contribution in [0.15, 0.2) is 103 Å². The average molecular weight is 827 g/mol. The van der Waals surface area contributed by atoms with Gasteiger partial charge in [-0.3, -0.25) is 9.97 Å². The summed E-state index contributed by atoms with van der Waals surface area (Å²) in [7, 11) is -10.7. The predicted molar refractivity (Wildman–Crippen MR) is 166 cm³/mol. The van der Waals surface area contributed by atoms with Crippen molar-refractivity contribution in [3.63, 3.8) is 0 Å². The number of hydrogen-bond donors (Lipinski definition) is 0. The minimum atomic E-state index is -10.7. The Morgan fingerprint density at radius 2 is 1.00 bits per heavy atom. The smallest absolute Gasteiger partial charge is 1.00 e. The number of halogens is 8. The fourth-order valence-corrected chi connectivity index (χ4v) is 4.31. The molecule has 0 N–H and O–H groups in total. The van der Waals surface area contributed by atoms with E-state index in [2.05, 4.69) is 64.6 Å². The van der Waals surface area contributed by atoms with Gasteiger partial charge in [-0.2, -0.15) is 10.5 Å². The molecule has 1 aliphatic carbocycles. The number of aromatic nitrogens is 3. The molecule has 0 saturated carbocycles. The van der Waals surface area contributed by atoms with Gasteiger partial charge in [-0.15, -0.1) is 4.91 Å². The molecule has 0 unspecified atom stereocenters. The summed E-state index contributed by atoms with van der Waals surface area (Å²) < 4.78 is 59.2. The molecule has 0 fully saturated rings. The third kappa shape index (κ3) is 16.6. The van der Waals surface area contributed by atoms with Gasteiger partial charge in [-0.25, -0.2) is 4.98 Å². The summed E-state index contributed by atoms with van der Waals surface area (Å²) >= 11 is 0. The van der Waals surface area contributed by atoms with Gasteiger partial charge in [0.05, 0.1) is 34.9 Å². The Morgan fingerprint density at radius 1 is 0.592 bits per heavy atom. The summed E-state index contributed by atoms with van der Waals surface area (Å²) in [6.07, 6.45) is 4.58. The van der Waals surface area contributed by atoms with Crippen molar-refractivity contribution in [1.29, 1.82) is 10.5 Å². The molecule has 0 saturated heterocycles. The van der Waals surface area contributed by atoms with Crippen molar-refractivity contribution in [1.82, 2.24) is 20.5 Å². The number of nitroso groups, excluding NO2 is 1. The minimum Gasteiger partial charge on any atom is -1.00 e. The van der Waals surface area contributed by atoms with Crippen LogP contribution in [0.4, 0.5) is 25.2 Å². The number of rotatable bonds is 3. The van der Waals surface area contributed by atoms with Crippen LogP contribution in [-0.2, 0) is 25.9 Å². The molecule has 1 aliphatic rings. The first-order chi connectivity index (χ1) is 21.6. The first-order valence-corrected chi connectivity index (χ1v) is 15.1. The molecule has 0 atom stereocenters. The van der Waals surface area contributed by atoms with Gasteiger partial charge in [-0.1, -0.05) is 54.6 Å². The van der Waals surface area contributed by atoms with Crippen LogP contribution >= 0.6 is 7.81 Å². The van der Waals surface area contributed by atoms with Crippen molar-refractivity contribution in [3.8, 4) is 57.2 Å². The van der Waals surface area contributed by atoms with Crippen LogP contribution in [0.5, 0.6) is 0 Å². The van der Waals surface area contributed by atoms with Crippen molar-refractivity contribution < 1.29 is 69.5 Å². The SMILES string of the molecule is CC#N.CC#N.F[P-](F)(F)(F)(F)F.[Cl-].[Cl-].[N]=O.[Ru+3].c1ccc(-c2cc(-c3ccc4c(c3)Cc3ccccc3-4)cc(-c3ccccn3)n2)nc1. The molecule has 3 heterocycles. The number of nitriles is 2. The van der Waals surface area contributed by atoms with E-state index in [1.54, 1.807) is 24.5 Å². The number of hydrogen-bond acceptors (Lipinski definition) is 6. The summed E-state index contributed by atoms with van der Waals surface area (Å²) in [6.45, 7) is 2.86. The zero-order valence-electron chi connectivity index (χ0n) is 25.4. The normalized spacial score (nSPS) is 11.1. The summed E-state index contributed by atoms with van der Waals surface area (Å²) in [5, 5.41) is 14.6. The molecule has 2 aromatic carbocycles. The summed E-state index contributed by atoms with van der Waals surface area (Å²) in [4.78, 5) is 21.2. The van der Waals surface area contributed by atoms with E-state index < -0.39 is 7.81 Å². The maximum Gasteiger partial charge on any atom is 3.00 e. The first-order valence-electron chi connectivity index (χ1n) is 13.1. The molecule has 0 bridgehead atoms. The van der Waals surface area contributed by atoms with E-state index in [9.17, 15) is 25.2 Å². The van der Waals surface area contributed by atoms with Crippen LogP contribution in [0.3, 0.4) is 0 Å². The Balaban J connectivity index is 0. The van der Waals surface area contributed by atoms with E-state index in [4.69, 9.17) is 26.0 Å². The molecular formula is C32H25Cl2F6N6OPRu. The van der Waals surface area contributed by atoms with Crippen molar-refractivity contribution in [3.05, 3.63) is 119 Å². The molecule has 0 amide bonds. The number of fused-ring (bicyclic) bond motifs is 3. The third-order valence-corrected chi connectivity index (χ3v) is 5.81. The van der Waals surface area contributed by atoms with Crippen molar-refractivity contribution in [2.24, 2.45) is 0 Å². The van der Waals surface area contributed by atoms with Gasteiger partial charge in [0.1, 0.15) is 5.59 Å². The third-order valence-electron chi connectivity index (χ3n) is 5.81. The van der Waals surface area contributed by atoms with Crippen molar-refractivity contribution in [2.75, 3.05) is 0 Å². The van der Waals surface area contributed by atoms with Gasteiger partial charge < -0.3 is 24.8 Å². The van der Waals surface area contributed by atoms with E-state index in [1.807, 2.05) is 36.4 Å². The van der Waals surface area contributed by atoms with Crippen LogP contribution in [0, 0.1) is 27.6 Å². The summed E-state index contributed by atoms with van der Waals surface area (Å²) in [6, 6.07) is 35.0. The van der Waals surface area contributed by atoms with Gasteiger partial charge in [0.2, 0.25) is 0 Å². The molecule has 2 radical (unpaired) electrons. The molecule has 258 valence electrons. The van der Waals surface area contributed by atoms with Crippen LogP contribution in [0.2, 0.25) is 0 Å². The van der Waals surface area contributed by atoms with Gasteiger partial charge in [-0.05, 0) is 76.2 Å². The molecule has 7 nitrogen and oxygen atoms in total. The Labute approximate surface area is 304 Å². The Morgan fingerprint density at radius 3 is 1.43 bits per heavy atom. The summed E-state index contributed by atoms with van der Waals surface area (Å²) in [5.74, 6) is 0. The number of pyridine rings is 3. The quantitative estimate of drug-likeness (QED) is 0.148. The fourth-order valence-electron chi connectivity index (χ4n) is 4.31. The topological polar surface area (TPSA) is 126 Å². The predicted octanol–water partition coefficient (Wildman–Crippen LogP) is 4.44. The van der Waals surface area contributed by atoms with Crippen LogP contribution in [-0.4, -0.2) is 15.0 Å². The molecule has 0 aliphatic heterocycles. The van der Waals surface area contributed by atoms with E-state index in [0.29, 0.717) is 0 Å². The fraction of sp³-hybridized carbons (Fsp3) is 0.0938. The minimum absolute atomic E-state index is 0. The van der Waals surface area contributed by atoms with Crippen molar-refractivity contribution in [2.45, 2.75) is 20.3 Å². The molecule has 6 rings (SSSR count). The second kappa shape index (κ2) is 19.6. The Hall–Kier alpha value is -4.32. The average Bonchev–Trinajstić information content (AvgIpc) is 3.40. The van der Waals surface area contributed by atoms with Crippen LogP contribution < -0.4 is 30.4 Å². The first kappa shape index (κ1) is 46.8. The zero-order chi connectivity index (χ0) is 34.4.